The Morgan fingerprint density at radius 1 is 1.05 bits per heavy atom. The van der Waals surface area contributed by atoms with Crippen molar-refractivity contribution in [2.45, 2.75) is 19.9 Å². The molecule has 2 N–H and O–H groups in total. The van der Waals surface area contributed by atoms with Crippen molar-refractivity contribution in [3.63, 3.8) is 0 Å². The molecule has 112 valence electrons. The molecule has 0 bridgehead atoms. The molecule has 2 amide bonds. The largest absolute Gasteiger partial charge is 0.328 e. The maximum absolute atomic E-state index is 12.0. The number of nitrogens with one attached hydrogen (secondary N) is 2. The predicted molar refractivity (Wildman–Crippen MR) is 89.2 cm³/mol. The molecule has 0 aliphatic heterocycles. The molecule has 0 aliphatic rings. The van der Waals surface area contributed by atoms with Crippen LogP contribution in [0.3, 0.4) is 0 Å². The number of carbonyl (C=O) groups excluding carboxylic acids is 1. The summed E-state index contributed by atoms with van der Waals surface area (Å²) in [6, 6.07) is 15.1. The molecule has 3 rings (SSSR count). The van der Waals surface area contributed by atoms with E-state index in [9.17, 15) is 4.79 Å². The molecular formula is C17H18N4O. The Morgan fingerprint density at radius 3 is 2.50 bits per heavy atom. The minimum absolute atomic E-state index is 0.270. The minimum atomic E-state index is -0.270. The number of hydrogen-bond acceptors (Lipinski definition) is 2. The second kappa shape index (κ2) is 5.89. The third-order valence-corrected chi connectivity index (χ3v) is 3.42. The highest BCUT2D eigenvalue weighted by atomic mass is 16.2. The van der Waals surface area contributed by atoms with Gasteiger partial charge < -0.3 is 15.2 Å². The van der Waals surface area contributed by atoms with Crippen LogP contribution < -0.4 is 10.6 Å². The van der Waals surface area contributed by atoms with Crippen molar-refractivity contribution in [1.82, 2.24) is 9.55 Å². The zero-order valence-corrected chi connectivity index (χ0v) is 12.6. The Hall–Kier alpha value is -2.82. The van der Waals surface area contributed by atoms with Crippen LogP contribution >= 0.6 is 0 Å². The molecule has 3 aromatic rings. The molecule has 5 heteroatoms. The smallest absolute Gasteiger partial charge is 0.323 e. The van der Waals surface area contributed by atoms with Crippen LogP contribution in [0.25, 0.3) is 11.0 Å². The lowest BCUT2D eigenvalue weighted by Crippen LogP contribution is -2.19. The normalized spacial score (nSPS) is 10.9. The Morgan fingerprint density at radius 2 is 1.77 bits per heavy atom. The second-order valence-electron chi connectivity index (χ2n) is 5.39. The molecule has 1 aromatic heterocycles. The summed E-state index contributed by atoms with van der Waals surface area (Å²) in [4.78, 5) is 16.4. The number of nitrogens with zero attached hydrogens (tertiary/aromatic N) is 2. The van der Waals surface area contributed by atoms with Gasteiger partial charge in [0.25, 0.3) is 0 Å². The molecule has 0 radical (unpaired) electrons. The fourth-order valence-electron chi connectivity index (χ4n) is 2.34. The number of urea groups is 1. The molecule has 0 saturated heterocycles. The Labute approximate surface area is 129 Å². The number of amides is 2. The molecule has 1 heterocycles. The third kappa shape index (κ3) is 2.93. The standard InChI is InChI=1S/C17H18N4O/c1-12(2)21-11-18-15-10-14(8-9-16(15)21)20-17(22)19-13-6-4-3-5-7-13/h3-12H,1-2H3,(H2,19,20,22). The second-order valence-corrected chi connectivity index (χ2v) is 5.39. The molecule has 0 spiro atoms. The summed E-state index contributed by atoms with van der Waals surface area (Å²) >= 11 is 0. The van der Waals surface area contributed by atoms with Gasteiger partial charge in [0.15, 0.2) is 0 Å². The molecule has 5 nitrogen and oxygen atoms in total. The van der Waals surface area contributed by atoms with E-state index in [2.05, 4.69) is 34.0 Å². The first-order valence-electron chi connectivity index (χ1n) is 7.23. The molecule has 0 atom stereocenters. The van der Waals surface area contributed by atoms with Crippen molar-refractivity contribution in [2.24, 2.45) is 0 Å². The van der Waals surface area contributed by atoms with Gasteiger partial charge in [0.1, 0.15) is 0 Å². The van der Waals surface area contributed by atoms with Crippen LogP contribution in [0.2, 0.25) is 0 Å². The fourth-order valence-corrected chi connectivity index (χ4v) is 2.34. The van der Waals surface area contributed by atoms with Crippen LogP contribution in [0.15, 0.2) is 54.9 Å². The Kier molecular flexibility index (Phi) is 3.78. The van der Waals surface area contributed by atoms with Gasteiger partial charge in [0, 0.05) is 17.4 Å². The van der Waals surface area contributed by atoms with Crippen molar-refractivity contribution < 1.29 is 4.79 Å². The van der Waals surface area contributed by atoms with Crippen molar-refractivity contribution in [1.29, 1.82) is 0 Å². The van der Waals surface area contributed by atoms with Gasteiger partial charge in [-0.15, -0.1) is 0 Å². The van der Waals surface area contributed by atoms with Gasteiger partial charge in [-0.1, -0.05) is 18.2 Å². The van der Waals surface area contributed by atoms with Crippen molar-refractivity contribution in [3.8, 4) is 0 Å². The minimum Gasteiger partial charge on any atom is -0.328 e. The van der Waals surface area contributed by atoms with E-state index in [1.807, 2.05) is 54.9 Å². The average molecular weight is 294 g/mol. The molecule has 2 aromatic carbocycles. The van der Waals surface area contributed by atoms with Crippen molar-refractivity contribution in [3.05, 3.63) is 54.9 Å². The van der Waals surface area contributed by atoms with E-state index in [0.717, 1.165) is 22.4 Å². The molecule has 0 saturated carbocycles. The lowest BCUT2D eigenvalue weighted by Gasteiger charge is -2.09. The highest BCUT2D eigenvalue weighted by molar-refractivity contribution is 6.00. The van der Waals surface area contributed by atoms with Crippen LogP contribution in [0.1, 0.15) is 19.9 Å². The maximum Gasteiger partial charge on any atom is 0.323 e. The van der Waals surface area contributed by atoms with E-state index in [-0.39, 0.29) is 6.03 Å². The summed E-state index contributed by atoms with van der Waals surface area (Å²) in [6.45, 7) is 4.22. The van der Waals surface area contributed by atoms with E-state index < -0.39 is 0 Å². The molecule has 0 aliphatic carbocycles. The summed E-state index contributed by atoms with van der Waals surface area (Å²) in [7, 11) is 0. The lowest BCUT2D eigenvalue weighted by molar-refractivity contribution is 0.262. The summed E-state index contributed by atoms with van der Waals surface area (Å²) < 4.78 is 2.10. The number of imidazole rings is 1. The Bertz CT molecular complexity index is 793. The van der Waals surface area contributed by atoms with E-state index >= 15 is 0 Å². The number of fused-ring (bicyclic) bond motifs is 1. The number of rotatable bonds is 3. The van der Waals surface area contributed by atoms with Crippen LogP contribution in [0, 0.1) is 0 Å². The molecule has 22 heavy (non-hydrogen) atoms. The van der Waals surface area contributed by atoms with Gasteiger partial charge in [-0.25, -0.2) is 9.78 Å². The predicted octanol–water partition coefficient (Wildman–Crippen LogP) is 4.26. The van der Waals surface area contributed by atoms with Crippen molar-refractivity contribution >= 4 is 28.4 Å². The third-order valence-electron chi connectivity index (χ3n) is 3.42. The zero-order valence-electron chi connectivity index (χ0n) is 12.6. The number of benzene rings is 2. The summed E-state index contributed by atoms with van der Waals surface area (Å²) in [5.74, 6) is 0. The number of aromatic nitrogens is 2. The van der Waals surface area contributed by atoms with Gasteiger partial charge >= 0.3 is 6.03 Å². The fraction of sp³-hybridized carbons (Fsp3) is 0.176. The van der Waals surface area contributed by atoms with Gasteiger partial charge in [0.05, 0.1) is 17.4 Å². The number of hydrogen-bond donors (Lipinski definition) is 2. The molecular weight excluding hydrogens is 276 g/mol. The SMILES string of the molecule is CC(C)n1cnc2cc(NC(=O)Nc3ccccc3)ccc21. The highest BCUT2D eigenvalue weighted by Crippen LogP contribution is 2.21. The quantitative estimate of drug-likeness (QED) is 0.758. The topological polar surface area (TPSA) is 59.0 Å². The monoisotopic (exact) mass is 294 g/mol. The maximum atomic E-state index is 12.0. The lowest BCUT2D eigenvalue weighted by atomic mass is 10.2. The van der Waals surface area contributed by atoms with E-state index in [4.69, 9.17) is 0 Å². The Balaban J connectivity index is 1.75. The average Bonchev–Trinajstić information content (AvgIpc) is 2.91. The summed E-state index contributed by atoms with van der Waals surface area (Å²) in [5, 5.41) is 5.61. The van der Waals surface area contributed by atoms with Crippen LogP contribution in [0.4, 0.5) is 16.2 Å². The van der Waals surface area contributed by atoms with E-state index in [1.165, 1.54) is 0 Å². The molecule has 0 fully saturated rings. The zero-order chi connectivity index (χ0) is 15.5. The number of carbonyl (C=O) groups is 1. The van der Waals surface area contributed by atoms with E-state index in [0.29, 0.717) is 6.04 Å². The first-order chi connectivity index (χ1) is 10.6. The number of anilines is 2. The van der Waals surface area contributed by atoms with Gasteiger partial charge in [-0.3, -0.25) is 0 Å². The van der Waals surface area contributed by atoms with Crippen LogP contribution in [0.5, 0.6) is 0 Å². The first kappa shape index (κ1) is 14.1. The van der Waals surface area contributed by atoms with Gasteiger partial charge in [0.2, 0.25) is 0 Å². The van der Waals surface area contributed by atoms with E-state index in [1.54, 1.807) is 0 Å². The van der Waals surface area contributed by atoms with Crippen molar-refractivity contribution in [2.75, 3.05) is 10.6 Å². The van der Waals surface area contributed by atoms with Gasteiger partial charge in [-0.2, -0.15) is 0 Å². The summed E-state index contributed by atoms with van der Waals surface area (Å²) in [6.07, 6.45) is 1.82. The van der Waals surface area contributed by atoms with Gasteiger partial charge in [-0.05, 0) is 44.2 Å². The first-order valence-corrected chi connectivity index (χ1v) is 7.23. The highest BCUT2D eigenvalue weighted by Gasteiger charge is 2.08. The summed E-state index contributed by atoms with van der Waals surface area (Å²) in [5.41, 5.74) is 3.40. The van der Waals surface area contributed by atoms with Crippen LogP contribution in [-0.2, 0) is 0 Å². The number of para-hydroxylation sites is 1. The molecule has 0 unspecified atom stereocenters. The van der Waals surface area contributed by atoms with Crippen LogP contribution in [-0.4, -0.2) is 15.6 Å².